The minimum atomic E-state index is -0.645. The van der Waals surface area contributed by atoms with Gasteiger partial charge in [-0.05, 0) is 12.1 Å². The van der Waals surface area contributed by atoms with Gasteiger partial charge in [-0.15, -0.1) is 24.8 Å². The van der Waals surface area contributed by atoms with E-state index in [9.17, 15) is 9.59 Å². The molecular formula is C8H12Cl2N4O2. The molecule has 0 saturated heterocycles. The summed E-state index contributed by atoms with van der Waals surface area (Å²) in [6.45, 7) is -0.117. The molecule has 5 N–H and O–H groups in total. The van der Waals surface area contributed by atoms with Crippen LogP contribution >= 0.6 is 24.8 Å². The van der Waals surface area contributed by atoms with E-state index >= 15 is 0 Å². The zero-order valence-electron chi connectivity index (χ0n) is 8.17. The highest BCUT2D eigenvalue weighted by Crippen LogP contribution is 2.06. The normalized spacial score (nSPS) is 8.31. The van der Waals surface area contributed by atoms with Crippen LogP contribution in [0.15, 0.2) is 18.3 Å². The highest BCUT2D eigenvalue weighted by atomic mass is 35.5. The summed E-state index contributed by atoms with van der Waals surface area (Å²) >= 11 is 0. The van der Waals surface area contributed by atoms with Crippen LogP contribution in [0.4, 0.5) is 5.69 Å². The molecule has 1 aromatic rings. The van der Waals surface area contributed by atoms with Crippen LogP contribution in [0.1, 0.15) is 10.5 Å². The first-order valence-electron chi connectivity index (χ1n) is 3.89. The maximum Gasteiger partial charge on any atom is 0.267 e. The van der Waals surface area contributed by atoms with E-state index in [1.54, 1.807) is 6.07 Å². The van der Waals surface area contributed by atoms with Gasteiger partial charge in [0.2, 0.25) is 5.91 Å². The van der Waals surface area contributed by atoms with Crippen molar-refractivity contribution in [1.29, 1.82) is 0 Å². The van der Waals surface area contributed by atoms with E-state index < -0.39 is 5.91 Å². The van der Waals surface area contributed by atoms with Crippen LogP contribution in [0.2, 0.25) is 0 Å². The van der Waals surface area contributed by atoms with Crippen LogP contribution in [-0.4, -0.2) is 23.3 Å². The largest absolute Gasteiger partial charge is 0.364 e. The Labute approximate surface area is 105 Å². The summed E-state index contributed by atoms with van der Waals surface area (Å²) < 4.78 is 0. The fourth-order valence-corrected chi connectivity index (χ4v) is 0.855. The summed E-state index contributed by atoms with van der Waals surface area (Å²) in [6.07, 6.45) is 1.38. The third-order valence-electron chi connectivity index (χ3n) is 1.48. The lowest BCUT2D eigenvalue weighted by molar-refractivity contribution is -0.114. The van der Waals surface area contributed by atoms with Gasteiger partial charge in [-0.1, -0.05) is 0 Å². The molecule has 2 amide bonds. The summed E-state index contributed by atoms with van der Waals surface area (Å²) in [6, 6.07) is 2.93. The van der Waals surface area contributed by atoms with Crippen molar-refractivity contribution in [3.63, 3.8) is 0 Å². The maximum atomic E-state index is 10.9. The predicted octanol–water partition coefficient (Wildman–Crippen LogP) is -0.0787. The average molecular weight is 267 g/mol. The quantitative estimate of drug-likeness (QED) is 0.711. The Morgan fingerprint density at radius 3 is 2.50 bits per heavy atom. The molecule has 0 saturated carbocycles. The van der Waals surface area contributed by atoms with Gasteiger partial charge in [-0.2, -0.15) is 0 Å². The number of primary amides is 1. The first-order valence-corrected chi connectivity index (χ1v) is 3.89. The Hall–Kier alpha value is -1.37. The number of nitrogens with two attached hydrogens (primary N) is 2. The summed E-state index contributed by atoms with van der Waals surface area (Å²) in [5, 5.41) is 2.48. The Morgan fingerprint density at radius 2 is 2.00 bits per heavy atom. The van der Waals surface area contributed by atoms with Crippen LogP contribution in [0.3, 0.4) is 0 Å². The molecule has 0 radical (unpaired) electrons. The van der Waals surface area contributed by atoms with Crippen molar-refractivity contribution in [3.8, 4) is 0 Å². The van der Waals surface area contributed by atoms with Crippen molar-refractivity contribution >= 4 is 42.3 Å². The number of anilines is 1. The molecule has 0 unspecified atom stereocenters. The van der Waals surface area contributed by atoms with Crippen LogP contribution in [0.5, 0.6) is 0 Å². The van der Waals surface area contributed by atoms with E-state index in [4.69, 9.17) is 11.5 Å². The molecule has 1 heterocycles. The number of amides is 2. The van der Waals surface area contributed by atoms with Gasteiger partial charge >= 0.3 is 0 Å². The standard InChI is InChI=1S/C8H10N4O2.2ClH/c9-4-7(13)12-5-1-2-11-6(3-5)8(10)14;;/h1-3H,4,9H2,(H2,10,14)(H,11,12,13);2*1H. The molecule has 0 aliphatic rings. The van der Waals surface area contributed by atoms with Crippen molar-refractivity contribution in [2.45, 2.75) is 0 Å². The number of hydrogen-bond acceptors (Lipinski definition) is 4. The van der Waals surface area contributed by atoms with Gasteiger partial charge in [0.25, 0.3) is 5.91 Å². The second-order valence-corrected chi connectivity index (χ2v) is 2.55. The SMILES string of the molecule is Cl.Cl.NCC(=O)Nc1ccnc(C(N)=O)c1. The molecule has 0 aliphatic heterocycles. The first-order chi connectivity index (χ1) is 6.63. The number of pyridine rings is 1. The summed E-state index contributed by atoms with van der Waals surface area (Å²) in [5.41, 5.74) is 10.7. The average Bonchev–Trinajstić information content (AvgIpc) is 2.18. The number of aromatic nitrogens is 1. The lowest BCUT2D eigenvalue weighted by Crippen LogP contribution is -2.22. The fraction of sp³-hybridized carbons (Fsp3) is 0.125. The molecule has 90 valence electrons. The zero-order chi connectivity index (χ0) is 10.6. The van der Waals surface area contributed by atoms with E-state index in [1.807, 2.05) is 0 Å². The summed E-state index contributed by atoms with van der Waals surface area (Å²) in [4.78, 5) is 25.3. The van der Waals surface area contributed by atoms with Gasteiger partial charge in [0.1, 0.15) is 5.69 Å². The highest BCUT2D eigenvalue weighted by Gasteiger charge is 2.04. The van der Waals surface area contributed by atoms with Crippen molar-refractivity contribution in [3.05, 3.63) is 24.0 Å². The van der Waals surface area contributed by atoms with Crippen molar-refractivity contribution in [2.24, 2.45) is 11.5 Å². The molecule has 16 heavy (non-hydrogen) atoms. The number of hydrogen-bond donors (Lipinski definition) is 3. The highest BCUT2D eigenvalue weighted by molar-refractivity contribution is 5.95. The van der Waals surface area contributed by atoms with Gasteiger partial charge in [-0.3, -0.25) is 14.6 Å². The molecule has 1 rings (SSSR count). The van der Waals surface area contributed by atoms with Crippen molar-refractivity contribution in [2.75, 3.05) is 11.9 Å². The zero-order valence-corrected chi connectivity index (χ0v) is 9.81. The smallest absolute Gasteiger partial charge is 0.267 e. The lowest BCUT2D eigenvalue weighted by atomic mass is 10.3. The van der Waals surface area contributed by atoms with Gasteiger partial charge in [0.15, 0.2) is 0 Å². The van der Waals surface area contributed by atoms with Gasteiger partial charge in [0, 0.05) is 11.9 Å². The second-order valence-electron chi connectivity index (χ2n) is 2.55. The van der Waals surface area contributed by atoms with Crippen LogP contribution in [0, 0.1) is 0 Å². The van der Waals surface area contributed by atoms with Crippen molar-refractivity contribution < 1.29 is 9.59 Å². The molecule has 6 nitrogen and oxygen atoms in total. The van der Waals surface area contributed by atoms with Gasteiger partial charge in [-0.25, -0.2) is 0 Å². The number of halogens is 2. The van der Waals surface area contributed by atoms with E-state index in [0.29, 0.717) is 5.69 Å². The van der Waals surface area contributed by atoms with Crippen molar-refractivity contribution in [1.82, 2.24) is 4.98 Å². The topological polar surface area (TPSA) is 111 Å². The summed E-state index contributed by atoms with van der Waals surface area (Å²) in [7, 11) is 0. The van der Waals surface area contributed by atoms with E-state index in [0.717, 1.165) is 0 Å². The lowest BCUT2D eigenvalue weighted by Gasteiger charge is -2.03. The predicted molar refractivity (Wildman–Crippen MR) is 64.9 cm³/mol. The molecule has 0 spiro atoms. The van der Waals surface area contributed by atoms with Crippen LogP contribution < -0.4 is 16.8 Å². The second kappa shape index (κ2) is 7.86. The minimum absolute atomic E-state index is 0. The Morgan fingerprint density at radius 1 is 1.38 bits per heavy atom. The molecule has 1 aromatic heterocycles. The fourth-order valence-electron chi connectivity index (χ4n) is 0.855. The van der Waals surface area contributed by atoms with E-state index in [2.05, 4.69) is 10.3 Å². The number of carbonyl (C=O) groups excluding carboxylic acids is 2. The Bertz CT molecular complexity index is 373. The van der Waals surface area contributed by atoms with E-state index in [1.165, 1.54) is 12.3 Å². The number of carbonyl (C=O) groups is 2. The van der Waals surface area contributed by atoms with Gasteiger partial charge < -0.3 is 16.8 Å². The van der Waals surface area contributed by atoms with Crippen LogP contribution in [0.25, 0.3) is 0 Å². The monoisotopic (exact) mass is 266 g/mol. The molecule has 0 fully saturated rings. The number of rotatable bonds is 3. The third kappa shape index (κ3) is 4.92. The minimum Gasteiger partial charge on any atom is -0.364 e. The maximum absolute atomic E-state index is 10.9. The van der Waals surface area contributed by atoms with Crippen LogP contribution in [-0.2, 0) is 4.79 Å². The molecular weight excluding hydrogens is 255 g/mol. The first kappa shape index (κ1) is 17.0. The Kier molecular flexibility index (Phi) is 8.37. The molecule has 8 heteroatoms. The summed E-state index contributed by atoms with van der Waals surface area (Å²) in [5.74, 6) is -0.986. The van der Waals surface area contributed by atoms with E-state index in [-0.39, 0.29) is 43.0 Å². The Balaban J connectivity index is 0. The third-order valence-corrected chi connectivity index (χ3v) is 1.48. The van der Waals surface area contributed by atoms with Gasteiger partial charge in [0.05, 0.1) is 6.54 Å². The number of nitrogens with zero attached hydrogens (tertiary/aromatic N) is 1. The molecule has 0 aliphatic carbocycles. The molecule has 0 atom stereocenters. The number of nitrogens with one attached hydrogen (secondary N) is 1. The molecule has 0 aromatic carbocycles. The molecule has 0 bridgehead atoms.